The topological polar surface area (TPSA) is 72.2 Å². The minimum atomic E-state index is -3.54. The normalized spacial score (nSPS) is 15.2. The molecular formula is C13H21ClN2O2S. The van der Waals surface area contributed by atoms with E-state index < -0.39 is 10.0 Å². The van der Waals surface area contributed by atoms with E-state index in [9.17, 15) is 8.42 Å². The van der Waals surface area contributed by atoms with Crippen LogP contribution in [-0.4, -0.2) is 14.5 Å². The fourth-order valence-electron chi connectivity index (χ4n) is 1.84. The summed E-state index contributed by atoms with van der Waals surface area (Å²) in [5.41, 5.74) is 5.89. The van der Waals surface area contributed by atoms with Gasteiger partial charge in [0.1, 0.15) is 0 Å². The molecule has 6 heteroatoms. The number of hydrogen-bond donors (Lipinski definition) is 2. The van der Waals surface area contributed by atoms with Gasteiger partial charge < -0.3 is 5.73 Å². The minimum Gasteiger partial charge on any atom is -0.397 e. The van der Waals surface area contributed by atoms with Gasteiger partial charge in [-0.1, -0.05) is 31.9 Å². The Labute approximate surface area is 120 Å². The van der Waals surface area contributed by atoms with E-state index in [1.807, 2.05) is 6.92 Å². The maximum Gasteiger partial charge on any atom is 0.240 e. The van der Waals surface area contributed by atoms with E-state index in [1.165, 1.54) is 18.2 Å². The van der Waals surface area contributed by atoms with E-state index in [0.717, 1.165) is 12.8 Å². The molecule has 0 aliphatic heterocycles. The SMILES string of the molecule is CCC(C)CC(C)NS(=O)(=O)c1ccc(Cl)c(N)c1. The fraction of sp³-hybridized carbons (Fsp3) is 0.538. The Balaban J connectivity index is 2.83. The zero-order chi connectivity index (χ0) is 14.6. The van der Waals surface area contributed by atoms with E-state index in [0.29, 0.717) is 10.9 Å². The number of hydrogen-bond acceptors (Lipinski definition) is 3. The third kappa shape index (κ3) is 4.67. The van der Waals surface area contributed by atoms with E-state index in [4.69, 9.17) is 17.3 Å². The summed E-state index contributed by atoms with van der Waals surface area (Å²) in [5.74, 6) is 0.480. The molecule has 2 atom stereocenters. The highest BCUT2D eigenvalue weighted by atomic mass is 35.5. The predicted molar refractivity (Wildman–Crippen MR) is 79.7 cm³/mol. The molecule has 4 nitrogen and oxygen atoms in total. The van der Waals surface area contributed by atoms with Gasteiger partial charge in [0.2, 0.25) is 10.0 Å². The van der Waals surface area contributed by atoms with Crippen LogP contribution in [0.15, 0.2) is 23.1 Å². The average molecular weight is 305 g/mol. The van der Waals surface area contributed by atoms with Crippen LogP contribution in [0, 0.1) is 5.92 Å². The molecule has 108 valence electrons. The molecule has 19 heavy (non-hydrogen) atoms. The Morgan fingerprint density at radius 3 is 2.53 bits per heavy atom. The number of nitrogens with two attached hydrogens (primary N) is 1. The summed E-state index contributed by atoms with van der Waals surface area (Å²) in [4.78, 5) is 0.144. The monoisotopic (exact) mass is 304 g/mol. The van der Waals surface area contributed by atoms with Crippen LogP contribution in [0.2, 0.25) is 5.02 Å². The number of nitrogens with one attached hydrogen (secondary N) is 1. The van der Waals surface area contributed by atoms with Gasteiger partial charge in [0.05, 0.1) is 15.6 Å². The highest BCUT2D eigenvalue weighted by Crippen LogP contribution is 2.22. The van der Waals surface area contributed by atoms with Crippen molar-refractivity contribution < 1.29 is 8.42 Å². The standard InChI is InChI=1S/C13H21ClN2O2S/c1-4-9(2)7-10(3)16-19(17,18)11-5-6-12(14)13(15)8-11/h5-6,8-10,16H,4,7,15H2,1-3H3. The van der Waals surface area contributed by atoms with Crippen molar-refractivity contribution in [3.8, 4) is 0 Å². The summed E-state index contributed by atoms with van der Waals surface area (Å²) in [6.45, 7) is 6.06. The molecule has 0 heterocycles. The molecule has 0 aliphatic rings. The van der Waals surface area contributed by atoms with E-state index in [-0.39, 0.29) is 16.6 Å². The summed E-state index contributed by atoms with van der Waals surface area (Å²) in [7, 11) is -3.54. The first-order valence-corrected chi connectivity index (χ1v) is 8.19. The number of benzene rings is 1. The zero-order valence-corrected chi connectivity index (χ0v) is 13.1. The second-order valence-electron chi connectivity index (χ2n) is 4.95. The summed E-state index contributed by atoms with van der Waals surface area (Å²) in [5, 5.41) is 0.353. The van der Waals surface area contributed by atoms with Crippen molar-refractivity contribution >= 4 is 27.3 Å². The lowest BCUT2D eigenvalue weighted by atomic mass is 10.0. The quantitative estimate of drug-likeness (QED) is 0.793. The number of halogens is 1. The molecule has 1 rings (SSSR count). The first-order chi connectivity index (χ1) is 8.76. The molecule has 0 saturated carbocycles. The van der Waals surface area contributed by atoms with Crippen molar-refractivity contribution in [3.05, 3.63) is 23.2 Å². The lowest BCUT2D eigenvalue weighted by Gasteiger charge is -2.17. The number of sulfonamides is 1. The number of anilines is 1. The molecule has 2 unspecified atom stereocenters. The molecule has 0 aliphatic carbocycles. The second kappa shape index (κ2) is 6.59. The smallest absolute Gasteiger partial charge is 0.240 e. The van der Waals surface area contributed by atoms with Gasteiger partial charge in [0.15, 0.2) is 0 Å². The van der Waals surface area contributed by atoms with E-state index in [1.54, 1.807) is 0 Å². The van der Waals surface area contributed by atoms with Crippen molar-refractivity contribution in [2.75, 3.05) is 5.73 Å². The Kier molecular flexibility index (Phi) is 5.64. The Morgan fingerprint density at radius 2 is 2.00 bits per heavy atom. The number of rotatable bonds is 6. The minimum absolute atomic E-state index is 0.114. The predicted octanol–water partition coefficient (Wildman–Crippen LogP) is 3.03. The van der Waals surface area contributed by atoms with Crippen LogP contribution < -0.4 is 10.5 Å². The molecule has 0 radical (unpaired) electrons. The summed E-state index contributed by atoms with van der Waals surface area (Å²) in [6.07, 6.45) is 1.83. The highest BCUT2D eigenvalue weighted by molar-refractivity contribution is 7.89. The van der Waals surface area contributed by atoms with Gasteiger partial charge in [0, 0.05) is 6.04 Å². The maximum absolute atomic E-state index is 12.2. The van der Waals surface area contributed by atoms with Crippen LogP contribution in [0.25, 0.3) is 0 Å². The molecule has 0 bridgehead atoms. The maximum atomic E-state index is 12.2. The lowest BCUT2D eigenvalue weighted by molar-refractivity contribution is 0.445. The van der Waals surface area contributed by atoms with Gasteiger partial charge >= 0.3 is 0 Å². The van der Waals surface area contributed by atoms with Crippen LogP contribution in [0.1, 0.15) is 33.6 Å². The van der Waals surface area contributed by atoms with Gasteiger partial charge in [-0.2, -0.15) is 0 Å². The van der Waals surface area contributed by atoms with Gasteiger partial charge in [-0.3, -0.25) is 0 Å². The molecule has 0 spiro atoms. The van der Waals surface area contributed by atoms with Crippen molar-refractivity contribution in [1.82, 2.24) is 4.72 Å². The van der Waals surface area contributed by atoms with Gasteiger partial charge in [0.25, 0.3) is 0 Å². The van der Waals surface area contributed by atoms with E-state index in [2.05, 4.69) is 18.6 Å². The van der Waals surface area contributed by atoms with Crippen LogP contribution in [0.3, 0.4) is 0 Å². The van der Waals surface area contributed by atoms with Gasteiger partial charge in [-0.15, -0.1) is 0 Å². The third-order valence-corrected chi connectivity index (χ3v) is 5.02. The third-order valence-electron chi connectivity index (χ3n) is 3.09. The Hall–Kier alpha value is -0.780. The van der Waals surface area contributed by atoms with Crippen molar-refractivity contribution in [2.24, 2.45) is 5.92 Å². The molecule has 0 amide bonds. The van der Waals surface area contributed by atoms with Crippen molar-refractivity contribution in [2.45, 2.75) is 44.6 Å². The summed E-state index contributed by atoms with van der Waals surface area (Å²) in [6, 6.07) is 4.21. The van der Waals surface area contributed by atoms with Crippen LogP contribution in [0.5, 0.6) is 0 Å². The first kappa shape index (κ1) is 16.3. The molecule has 3 N–H and O–H groups in total. The fourth-order valence-corrected chi connectivity index (χ4v) is 3.25. The average Bonchev–Trinajstić information content (AvgIpc) is 2.31. The molecule has 0 saturated heterocycles. The summed E-state index contributed by atoms with van der Waals surface area (Å²) < 4.78 is 27.0. The Morgan fingerprint density at radius 1 is 1.37 bits per heavy atom. The van der Waals surface area contributed by atoms with Crippen LogP contribution in [0.4, 0.5) is 5.69 Å². The first-order valence-electron chi connectivity index (χ1n) is 6.33. The van der Waals surface area contributed by atoms with Gasteiger partial charge in [-0.05, 0) is 37.5 Å². The Bertz CT molecular complexity index is 531. The molecule has 0 aromatic heterocycles. The lowest BCUT2D eigenvalue weighted by Crippen LogP contribution is -2.33. The zero-order valence-electron chi connectivity index (χ0n) is 11.5. The number of nitrogen functional groups attached to an aromatic ring is 1. The van der Waals surface area contributed by atoms with E-state index >= 15 is 0 Å². The van der Waals surface area contributed by atoms with Crippen molar-refractivity contribution in [1.29, 1.82) is 0 Å². The van der Waals surface area contributed by atoms with Gasteiger partial charge in [-0.25, -0.2) is 13.1 Å². The molecule has 1 aromatic rings. The van der Waals surface area contributed by atoms with Crippen molar-refractivity contribution in [3.63, 3.8) is 0 Å². The summed E-state index contributed by atoms with van der Waals surface area (Å²) >= 11 is 5.78. The highest BCUT2D eigenvalue weighted by Gasteiger charge is 2.19. The largest absolute Gasteiger partial charge is 0.397 e. The van der Waals surface area contributed by atoms with Crippen LogP contribution >= 0.6 is 11.6 Å². The molecule has 1 aromatic carbocycles. The molecule has 0 fully saturated rings. The molecular weight excluding hydrogens is 284 g/mol. The van der Waals surface area contributed by atoms with Crippen LogP contribution in [-0.2, 0) is 10.0 Å². The second-order valence-corrected chi connectivity index (χ2v) is 7.08.